The Morgan fingerprint density at radius 1 is 1.22 bits per heavy atom. The van der Waals surface area contributed by atoms with Gasteiger partial charge in [0.05, 0.1) is 19.6 Å². The second-order valence-corrected chi connectivity index (χ2v) is 4.55. The van der Waals surface area contributed by atoms with E-state index >= 15 is 0 Å². The minimum Gasteiger partial charge on any atom is -0.348 e. The van der Waals surface area contributed by atoms with Crippen LogP contribution in [-0.2, 0) is 9.59 Å². The maximum atomic E-state index is 12.7. The van der Waals surface area contributed by atoms with Gasteiger partial charge in [-0.1, -0.05) is 13.8 Å². The van der Waals surface area contributed by atoms with Crippen molar-refractivity contribution in [3.05, 3.63) is 0 Å². The average Bonchev–Trinajstić information content (AvgIpc) is 2.31. The number of nitrogens with one attached hydrogen (secondary N) is 2. The molecule has 0 aliphatic heterocycles. The van der Waals surface area contributed by atoms with Crippen molar-refractivity contribution < 1.29 is 18.4 Å². The van der Waals surface area contributed by atoms with Crippen LogP contribution in [0.4, 0.5) is 8.78 Å². The Morgan fingerprint density at radius 3 is 2.33 bits per heavy atom. The van der Waals surface area contributed by atoms with Gasteiger partial charge in [-0.05, 0) is 12.3 Å². The largest absolute Gasteiger partial charge is 0.348 e. The number of halogens is 2. The van der Waals surface area contributed by atoms with Crippen molar-refractivity contribution in [2.75, 3.05) is 19.6 Å². The van der Waals surface area contributed by atoms with Crippen LogP contribution in [0, 0.1) is 5.92 Å². The fraction of sp³-hybridized carbons (Fsp3) is 0.818. The van der Waals surface area contributed by atoms with Crippen LogP contribution in [0.15, 0.2) is 0 Å². The minimum absolute atomic E-state index is 0.260. The second kappa shape index (κ2) is 7.97. The van der Waals surface area contributed by atoms with E-state index in [2.05, 4.69) is 5.32 Å². The maximum Gasteiger partial charge on any atom is 0.277 e. The van der Waals surface area contributed by atoms with E-state index in [1.54, 1.807) is 0 Å². The Balaban J connectivity index is 3.74. The summed E-state index contributed by atoms with van der Waals surface area (Å²) in [6.45, 7) is 2.03. The Labute approximate surface area is 105 Å². The highest BCUT2D eigenvalue weighted by molar-refractivity contribution is 5.84. The van der Waals surface area contributed by atoms with Crippen molar-refractivity contribution in [3.63, 3.8) is 0 Å². The molecule has 0 aliphatic rings. The first-order valence-electron chi connectivity index (χ1n) is 5.88. The molecule has 0 rings (SSSR count). The second-order valence-electron chi connectivity index (χ2n) is 4.55. The summed E-state index contributed by atoms with van der Waals surface area (Å²) >= 11 is 0. The molecule has 0 radical (unpaired) electrons. The van der Waals surface area contributed by atoms with Crippen LogP contribution < -0.4 is 16.4 Å². The monoisotopic (exact) mass is 265 g/mol. The summed E-state index contributed by atoms with van der Waals surface area (Å²) < 4.78 is 25.4. The lowest BCUT2D eigenvalue weighted by Gasteiger charge is -2.14. The molecular weight excluding hydrogens is 244 g/mol. The van der Waals surface area contributed by atoms with E-state index < -0.39 is 24.9 Å². The van der Waals surface area contributed by atoms with Crippen molar-refractivity contribution in [1.82, 2.24) is 10.6 Å². The lowest BCUT2D eigenvalue weighted by Crippen LogP contribution is -2.45. The molecule has 0 atom stereocenters. The van der Waals surface area contributed by atoms with Gasteiger partial charge in [-0.25, -0.2) is 8.78 Å². The summed E-state index contributed by atoms with van der Waals surface area (Å²) in [5, 5.41) is 4.38. The van der Waals surface area contributed by atoms with E-state index in [9.17, 15) is 18.4 Å². The van der Waals surface area contributed by atoms with Crippen LogP contribution in [-0.4, -0.2) is 37.4 Å². The average molecular weight is 265 g/mol. The van der Waals surface area contributed by atoms with E-state index in [1.165, 1.54) is 0 Å². The third kappa shape index (κ3) is 8.86. The normalized spacial score (nSPS) is 11.4. The zero-order valence-electron chi connectivity index (χ0n) is 10.8. The molecule has 5 nitrogen and oxygen atoms in total. The number of hydrogen-bond acceptors (Lipinski definition) is 3. The van der Waals surface area contributed by atoms with Gasteiger partial charge in [0.2, 0.25) is 11.8 Å². The molecule has 0 spiro atoms. The van der Waals surface area contributed by atoms with E-state index in [-0.39, 0.29) is 12.5 Å². The highest BCUT2D eigenvalue weighted by atomic mass is 19.3. The van der Waals surface area contributed by atoms with Crippen LogP contribution in [0.2, 0.25) is 0 Å². The first-order chi connectivity index (χ1) is 8.26. The summed E-state index contributed by atoms with van der Waals surface area (Å²) in [6.07, 6.45) is 1.04. The van der Waals surface area contributed by atoms with Crippen LogP contribution >= 0.6 is 0 Å². The standard InChI is InChI=1S/C11H21F2N3O2/c1-8(2)3-4-9(17)15-5-10(18)16-7-11(12,13)6-14/h8H,3-7,14H2,1-2H3,(H,15,17)(H,16,18). The molecule has 0 heterocycles. The van der Waals surface area contributed by atoms with E-state index in [1.807, 2.05) is 19.2 Å². The molecule has 0 aliphatic carbocycles. The lowest BCUT2D eigenvalue weighted by molar-refractivity contribution is -0.127. The highest BCUT2D eigenvalue weighted by Crippen LogP contribution is 2.08. The molecule has 0 unspecified atom stereocenters. The zero-order valence-corrected chi connectivity index (χ0v) is 10.8. The van der Waals surface area contributed by atoms with Gasteiger partial charge in [-0.3, -0.25) is 9.59 Å². The van der Waals surface area contributed by atoms with Gasteiger partial charge in [-0.2, -0.15) is 0 Å². The fourth-order valence-corrected chi connectivity index (χ4v) is 1.05. The summed E-state index contributed by atoms with van der Waals surface area (Å²) in [5.41, 5.74) is 4.81. The summed E-state index contributed by atoms with van der Waals surface area (Å²) in [5.74, 6) is -3.63. The molecule has 0 aromatic rings. The molecule has 0 aromatic carbocycles. The number of rotatable bonds is 8. The Bertz CT molecular complexity index is 283. The molecule has 106 valence electrons. The molecular formula is C11H21F2N3O2. The fourth-order valence-electron chi connectivity index (χ4n) is 1.05. The SMILES string of the molecule is CC(C)CCC(=O)NCC(=O)NCC(F)(F)CN. The van der Waals surface area contributed by atoms with Gasteiger partial charge >= 0.3 is 0 Å². The van der Waals surface area contributed by atoms with Crippen LogP contribution in [0.3, 0.4) is 0 Å². The van der Waals surface area contributed by atoms with E-state index in [4.69, 9.17) is 5.73 Å². The molecule has 0 bridgehead atoms. The van der Waals surface area contributed by atoms with Gasteiger partial charge < -0.3 is 16.4 Å². The highest BCUT2D eigenvalue weighted by Gasteiger charge is 2.27. The molecule has 2 amide bonds. The zero-order chi connectivity index (χ0) is 14.2. The van der Waals surface area contributed by atoms with Crippen molar-refractivity contribution in [1.29, 1.82) is 0 Å². The maximum absolute atomic E-state index is 12.7. The quantitative estimate of drug-likeness (QED) is 0.588. The molecule has 4 N–H and O–H groups in total. The van der Waals surface area contributed by atoms with Gasteiger partial charge in [0.15, 0.2) is 0 Å². The molecule has 0 saturated carbocycles. The number of carbonyl (C=O) groups is 2. The number of nitrogens with two attached hydrogens (primary N) is 1. The lowest BCUT2D eigenvalue weighted by atomic mass is 10.1. The first kappa shape index (κ1) is 16.8. The molecule has 7 heteroatoms. The summed E-state index contributed by atoms with van der Waals surface area (Å²) in [4.78, 5) is 22.4. The topological polar surface area (TPSA) is 84.2 Å². The Hall–Kier alpha value is -1.24. The van der Waals surface area contributed by atoms with Crippen LogP contribution in [0.1, 0.15) is 26.7 Å². The van der Waals surface area contributed by atoms with E-state index in [0.29, 0.717) is 12.3 Å². The van der Waals surface area contributed by atoms with Gasteiger partial charge in [-0.15, -0.1) is 0 Å². The number of carbonyl (C=O) groups excluding carboxylic acids is 2. The molecule has 18 heavy (non-hydrogen) atoms. The van der Waals surface area contributed by atoms with Crippen molar-refractivity contribution in [2.45, 2.75) is 32.6 Å². The number of alkyl halides is 2. The van der Waals surface area contributed by atoms with Crippen molar-refractivity contribution in [2.24, 2.45) is 11.7 Å². The summed E-state index contributed by atoms with van der Waals surface area (Å²) in [7, 11) is 0. The smallest absolute Gasteiger partial charge is 0.277 e. The van der Waals surface area contributed by atoms with Crippen molar-refractivity contribution >= 4 is 11.8 Å². The Kier molecular flexibility index (Phi) is 7.42. The summed E-state index contributed by atoms with van der Waals surface area (Å²) in [6, 6.07) is 0. The Morgan fingerprint density at radius 2 is 1.83 bits per heavy atom. The van der Waals surface area contributed by atoms with E-state index in [0.717, 1.165) is 6.42 Å². The third-order valence-corrected chi connectivity index (χ3v) is 2.24. The van der Waals surface area contributed by atoms with Gasteiger partial charge in [0.25, 0.3) is 5.92 Å². The first-order valence-corrected chi connectivity index (χ1v) is 5.88. The molecule has 0 aromatic heterocycles. The number of amides is 2. The van der Waals surface area contributed by atoms with Gasteiger partial charge in [0.1, 0.15) is 0 Å². The van der Waals surface area contributed by atoms with Crippen LogP contribution in [0.25, 0.3) is 0 Å². The van der Waals surface area contributed by atoms with Gasteiger partial charge in [0, 0.05) is 6.42 Å². The minimum atomic E-state index is -3.11. The number of hydrogen-bond donors (Lipinski definition) is 3. The molecule has 0 saturated heterocycles. The molecule has 0 fully saturated rings. The third-order valence-electron chi connectivity index (χ3n) is 2.24. The van der Waals surface area contributed by atoms with Crippen molar-refractivity contribution in [3.8, 4) is 0 Å². The predicted molar refractivity (Wildman–Crippen MR) is 64.1 cm³/mol. The van der Waals surface area contributed by atoms with Crippen LogP contribution in [0.5, 0.6) is 0 Å². The predicted octanol–water partition coefficient (Wildman–Crippen LogP) is 0.249.